The van der Waals surface area contributed by atoms with E-state index in [4.69, 9.17) is 16.0 Å². The number of halogens is 1. The van der Waals surface area contributed by atoms with E-state index in [0.29, 0.717) is 27.2 Å². The minimum atomic E-state index is 0.0154. The van der Waals surface area contributed by atoms with Gasteiger partial charge in [-0.2, -0.15) is 0 Å². The van der Waals surface area contributed by atoms with Crippen molar-refractivity contribution in [3.05, 3.63) is 53.0 Å². The number of amides is 1. The zero-order valence-corrected chi connectivity index (χ0v) is 18.0. The minimum absolute atomic E-state index is 0.0154. The molecule has 6 rings (SSSR count). The number of fused-ring (bicyclic) bond motifs is 1. The number of nitrogens with zero attached hydrogens (tertiary/aromatic N) is 2. The summed E-state index contributed by atoms with van der Waals surface area (Å²) in [7, 11) is 0. The summed E-state index contributed by atoms with van der Waals surface area (Å²) in [6.07, 6.45) is 8.49. The monoisotopic (exact) mass is 439 g/mol. The smallest absolute Gasteiger partial charge is 0.251 e. The third-order valence-corrected chi connectivity index (χ3v) is 8.08. The molecule has 1 aromatic carbocycles. The number of rotatable bonds is 5. The zero-order chi connectivity index (χ0) is 20.3. The van der Waals surface area contributed by atoms with Crippen molar-refractivity contribution in [3.8, 4) is 0 Å². The van der Waals surface area contributed by atoms with Crippen molar-refractivity contribution < 1.29 is 9.21 Å². The summed E-state index contributed by atoms with van der Waals surface area (Å²) in [5, 5.41) is 5.53. The summed E-state index contributed by atoms with van der Waals surface area (Å²) in [5.41, 5.74) is 2.68. The number of hydrogen-bond donors (Lipinski definition) is 1. The van der Waals surface area contributed by atoms with Gasteiger partial charge in [0.1, 0.15) is 5.52 Å². The predicted molar refractivity (Wildman–Crippen MR) is 117 cm³/mol. The Bertz CT molecular complexity index is 1130. The van der Waals surface area contributed by atoms with Gasteiger partial charge in [0.05, 0.1) is 5.03 Å². The van der Waals surface area contributed by atoms with Gasteiger partial charge in [-0.1, -0.05) is 11.6 Å². The van der Waals surface area contributed by atoms with Crippen molar-refractivity contribution >= 4 is 40.4 Å². The third-order valence-electron chi connectivity index (χ3n) is 6.58. The Morgan fingerprint density at radius 2 is 2.00 bits per heavy atom. The summed E-state index contributed by atoms with van der Waals surface area (Å²) in [6, 6.07) is 9.54. The van der Waals surface area contributed by atoms with Crippen LogP contribution in [0.5, 0.6) is 0 Å². The zero-order valence-electron chi connectivity index (χ0n) is 16.4. The van der Waals surface area contributed by atoms with Crippen LogP contribution in [0.15, 0.2) is 46.0 Å². The molecule has 7 heteroatoms. The van der Waals surface area contributed by atoms with E-state index in [1.807, 2.05) is 24.3 Å². The Morgan fingerprint density at radius 1 is 1.17 bits per heavy atom. The quantitative estimate of drug-likeness (QED) is 0.561. The van der Waals surface area contributed by atoms with Crippen LogP contribution < -0.4 is 5.32 Å². The Labute approximate surface area is 184 Å². The summed E-state index contributed by atoms with van der Waals surface area (Å²) >= 11 is 7.83. The number of carbonyl (C=O) groups is 1. The highest BCUT2D eigenvalue weighted by Crippen LogP contribution is 2.61. The van der Waals surface area contributed by atoms with E-state index in [9.17, 15) is 4.79 Å². The molecule has 5 nitrogen and oxygen atoms in total. The molecule has 3 saturated carbocycles. The number of oxazole rings is 1. The second kappa shape index (κ2) is 6.99. The molecule has 0 bridgehead atoms. The second-order valence-electron chi connectivity index (χ2n) is 9.05. The van der Waals surface area contributed by atoms with Gasteiger partial charge >= 0.3 is 0 Å². The molecule has 3 aliphatic carbocycles. The van der Waals surface area contributed by atoms with Gasteiger partial charge in [-0.05, 0) is 74.3 Å². The standard InChI is InChI=1S/C23H22ClN3O2S/c24-15-1-4-19-18(8-15)27-22(29-19)14-9-23(10-14)11-16(12-23)26-21(28)13-5-6-25-20(7-13)30-17-2-3-17/h1,4-8,14,16-17H,2-3,9-12H2,(H,26,28). The van der Waals surface area contributed by atoms with Gasteiger partial charge in [0.2, 0.25) is 0 Å². The van der Waals surface area contributed by atoms with E-state index in [0.717, 1.165) is 47.7 Å². The van der Waals surface area contributed by atoms with Crippen molar-refractivity contribution in [3.63, 3.8) is 0 Å². The van der Waals surface area contributed by atoms with E-state index in [1.165, 1.54) is 12.8 Å². The molecule has 1 amide bonds. The number of carbonyl (C=O) groups excluding carboxylic acids is 1. The minimum Gasteiger partial charge on any atom is -0.440 e. The van der Waals surface area contributed by atoms with E-state index in [-0.39, 0.29) is 11.9 Å². The summed E-state index contributed by atoms with van der Waals surface area (Å²) in [5.74, 6) is 1.21. The van der Waals surface area contributed by atoms with Crippen molar-refractivity contribution in [1.29, 1.82) is 0 Å². The normalized spacial score (nSPS) is 27.6. The van der Waals surface area contributed by atoms with Crippen molar-refractivity contribution in [2.45, 2.75) is 60.8 Å². The summed E-state index contributed by atoms with van der Waals surface area (Å²) < 4.78 is 5.93. The van der Waals surface area contributed by atoms with Crippen LogP contribution in [0, 0.1) is 5.41 Å². The maximum Gasteiger partial charge on any atom is 0.251 e. The lowest BCUT2D eigenvalue weighted by atomic mass is 9.50. The van der Waals surface area contributed by atoms with E-state index < -0.39 is 0 Å². The highest BCUT2D eigenvalue weighted by molar-refractivity contribution is 8.00. The molecule has 0 atom stereocenters. The average molecular weight is 440 g/mol. The lowest BCUT2D eigenvalue weighted by Crippen LogP contribution is -2.55. The molecule has 0 unspecified atom stereocenters. The molecular weight excluding hydrogens is 418 g/mol. The number of hydrogen-bond acceptors (Lipinski definition) is 5. The van der Waals surface area contributed by atoms with Crippen LogP contribution in [0.3, 0.4) is 0 Å². The van der Waals surface area contributed by atoms with Gasteiger partial charge < -0.3 is 9.73 Å². The lowest BCUT2D eigenvalue weighted by Gasteiger charge is -2.57. The maximum atomic E-state index is 12.6. The molecule has 3 aliphatic rings. The van der Waals surface area contributed by atoms with E-state index in [1.54, 1.807) is 24.0 Å². The Hall–Kier alpha value is -2.05. The molecule has 3 fully saturated rings. The number of benzene rings is 1. The Balaban J connectivity index is 1.03. The van der Waals surface area contributed by atoms with Crippen molar-refractivity contribution in [2.24, 2.45) is 5.41 Å². The highest BCUT2D eigenvalue weighted by Gasteiger charge is 2.54. The van der Waals surface area contributed by atoms with Crippen LogP contribution in [0.2, 0.25) is 5.02 Å². The van der Waals surface area contributed by atoms with Gasteiger partial charge in [-0.25, -0.2) is 9.97 Å². The van der Waals surface area contributed by atoms with Crippen LogP contribution in [-0.2, 0) is 0 Å². The average Bonchev–Trinajstić information content (AvgIpc) is 3.38. The summed E-state index contributed by atoms with van der Waals surface area (Å²) in [4.78, 5) is 21.7. The third kappa shape index (κ3) is 3.50. The fourth-order valence-electron chi connectivity index (χ4n) is 4.91. The number of thioether (sulfide) groups is 1. The first-order valence-electron chi connectivity index (χ1n) is 10.5. The molecular formula is C23H22ClN3O2S. The first kappa shape index (κ1) is 18.7. The number of aromatic nitrogens is 2. The van der Waals surface area contributed by atoms with Gasteiger partial charge in [-0.3, -0.25) is 4.79 Å². The molecule has 0 saturated heterocycles. The number of nitrogens with one attached hydrogen (secondary N) is 1. The molecule has 0 radical (unpaired) electrons. The van der Waals surface area contributed by atoms with Gasteiger partial charge in [0.25, 0.3) is 5.91 Å². The molecule has 3 aromatic rings. The van der Waals surface area contributed by atoms with Crippen LogP contribution in [0.1, 0.15) is 60.7 Å². The predicted octanol–water partition coefficient (Wildman–Crippen LogP) is 5.59. The van der Waals surface area contributed by atoms with Crippen molar-refractivity contribution in [2.75, 3.05) is 0 Å². The topological polar surface area (TPSA) is 68.0 Å². The van der Waals surface area contributed by atoms with Crippen LogP contribution in [0.25, 0.3) is 11.1 Å². The van der Waals surface area contributed by atoms with Gasteiger partial charge in [-0.15, -0.1) is 11.8 Å². The number of pyridine rings is 1. The van der Waals surface area contributed by atoms with Crippen LogP contribution in [-0.4, -0.2) is 27.2 Å². The van der Waals surface area contributed by atoms with Gasteiger partial charge in [0.15, 0.2) is 11.5 Å². The molecule has 1 spiro atoms. The van der Waals surface area contributed by atoms with E-state index >= 15 is 0 Å². The first-order valence-corrected chi connectivity index (χ1v) is 11.8. The Morgan fingerprint density at radius 3 is 2.80 bits per heavy atom. The molecule has 2 heterocycles. The highest BCUT2D eigenvalue weighted by atomic mass is 35.5. The summed E-state index contributed by atoms with van der Waals surface area (Å²) in [6.45, 7) is 0. The molecule has 2 aromatic heterocycles. The maximum absolute atomic E-state index is 12.6. The second-order valence-corrected chi connectivity index (χ2v) is 10.8. The van der Waals surface area contributed by atoms with Crippen molar-refractivity contribution in [1.82, 2.24) is 15.3 Å². The molecule has 30 heavy (non-hydrogen) atoms. The molecule has 1 N–H and O–H groups in total. The fourth-order valence-corrected chi connectivity index (χ4v) is 6.11. The van der Waals surface area contributed by atoms with Crippen LogP contribution >= 0.6 is 23.4 Å². The lowest BCUT2D eigenvalue weighted by molar-refractivity contribution is -0.0253. The molecule has 0 aliphatic heterocycles. The van der Waals surface area contributed by atoms with E-state index in [2.05, 4.69) is 15.3 Å². The SMILES string of the molecule is O=C(NC1CC2(C1)CC(c1nc3cc(Cl)ccc3o1)C2)c1ccnc(SC2CC2)c1. The fraction of sp³-hybridized carbons (Fsp3) is 0.435. The Kier molecular flexibility index (Phi) is 4.36. The largest absolute Gasteiger partial charge is 0.440 e. The van der Waals surface area contributed by atoms with Crippen LogP contribution in [0.4, 0.5) is 0 Å². The molecule has 154 valence electrons. The first-order chi connectivity index (χ1) is 14.6. The van der Waals surface area contributed by atoms with Gasteiger partial charge in [0, 0.05) is 34.0 Å².